The Balaban J connectivity index is 0.00000312. The number of rotatable bonds is 5. The smallest absolute Gasteiger partial charge is 0.229 e. The summed E-state index contributed by atoms with van der Waals surface area (Å²) in [5.74, 6) is 0.158. The molecule has 2 atom stereocenters. The van der Waals surface area contributed by atoms with Gasteiger partial charge >= 0.3 is 0 Å². The van der Waals surface area contributed by atoms with Gasteiger partial charge in [0, 0.05) is 6.04 Å². The fourth-order valence-corrected chi connectivity index (χ4v) is 2.36. The van der Waals surface area contributed by atoms with Crippen molar-refractivity contribution >= 4 is 24.0 Å². The first-order valence-corrected chi connectivity index (χ1v) is 8.17. The van der Waals surface area contributed by atoms with Crippen LogP contribution in [-0.4, -0.2) is 11.5 Å². The summed E-state index contributed by atoms with van der Waals surface area (Å²) in [6.07, 6.45) is 0. The largest absolute Gasteiger partial charge is 0.486 e. The number of carbonyl (C=O) groups excluding carboxylic acids is 1. The Bertz CT molecular complexity index is 684. The zero-order valence-corrected chi connectivity index (χ0v) is 16.0. The molecule has 5 heteroatoms. The van der Waals surface area contributed by atoms with Crippen molar-refractivity contribution in [1.29, 1.82) is 0 Å². The van der Waals surface area contributed by atoms with E-state index in [1.54, 1.807) is 0 Å². The normalized spacial score (nSPS) is 13.3. The van der Waals surface area contributed by atoms with Gasteiger partial charge in [-0.2, -0.15) is 0 Å². The van der Waals surface area contributed by atoms with E-state index in [0.717, 1.165) is 5.56 Å². The Hall–Kier alpha value is -2.04. The third-order valence-electron chi connectivity index (χ3n) is 3.70. The predicted molar refractivity (Wildman–Crippen MR) is 105 cm³/mol. The lowest BCUT2D eigenvalue weighted by molar-refractivity contribution is -0.120. The monoisotopic (exact) mass is 362 g/mol. The maximum Gasteiger partial charge on any atom is 0.229 e. The number of carbonyl (C=O) groups is 1. The van der Waals surface area contributed by atoms with Crippen LogP contribution < -0.4 is 15.8 Å². The lowest BCUT2D eigenvalue weighted by atomic mass is 9.94. The van der Waals surface area contributed by atoms with Gasteiger partial charge in [-0.15, -0.1) is 12.4 Å². The molecular weight excluding hydrogens is 336 g/mol. The third kappa shape index (κ3) is 6.07. The van der Waals surface area contributed by atoms with Crippen molar-refractivity contribution in [2.75, 3.05) is 5.32 Å². The van der Waals surface area contributed by atoms with Gasteiger partial charge in [-0.3, -0.25) is 4.79 Å². The highest BCUT2D eigenvalue weighted by Crippen LogP contribution is 2.29. The minimum Gasteiger partial charge on any atom is -0.486 e. The van der Waals surface area contributed by atoms with Crippen molar-refractivity contribution in [3.8, 4) is 5.75 Å². The number of nitrogens with one attached hydrogen (secondary N) is 1. The summed E-state index contributed by atoms with van der Waals surface area (Å²) in [4.78, 5) is 12.6. The number of para-hydroxylation sites is 2. The fourth-order valence-electron chi connectivity index (χ4n) is 2.36. The number of anilines is 1. The zero-order chi connectivity index (χ0) is 17.7. The highest BCUT2D eigenvalue weighted by Gasteiger charge is 2.23. The van der Waals surface area contributed by atoms with Gasteiger partial charge in [0.25, 0.3) is 0 Å². The summed E-state index contributed by atoms with van der Waals surface area (Å²) in [7, 11) is 0. The van der Waals surface area contributed by atoms with Crippen LogP contribution >= 0.6 is 12.4 Å². The second-order valence-corrected chi connectivity index (χ2v) is 6.92. The zero-order valence-electron chi connectivity index (χ0n) is 15.2. The van der Waals surface area contributed by atoms with E-state index in [0.29, 0.717) is 11.4 Å². The van der Waals surface area contributed by atoms with Crippen LogP contribution in [0.1, 0.15) is 39.3 Å². The molecule has 2 aromatic rings. The van der Waals surface area contributed by atoms with Crippen molar-refractivity contribution in [1.82, 2.24) is 0 Å². The Morgan fingerprint density at radius 2 is 1.60 bits per heavy atom. The highest BCUT2D eigenvalue weighted by atomic mass is 35.5. The van der Waals surface area contributed by atoms with E-state index in [1.165, 1.54) is 0 Å². The van der Waals surface area contributed by atoms with Crippen LogP contribution in [0.25, 0.3) is 0 Å². The summed E-state index contributed by atoms with van der Waals surface area (Å²) >= 11 is 0. The lowest BCUT2D eigenvalue weighted by Crippen LogP contribution is -2.31. The molecule has 0 aliphatic heterocycles. The summed E-state index contributed by atoms with van der Waals surface area (Å²) in [5.41, 5.74) is 7.50. The predicted octanol–water partition coefficient (Wildman–Crippen LogP) is 4.56. The van der Waals surface area contributed by atoms with Gasteiger partial charge in [0.2, 0.25) is 5.91 Å². The molecule has 2 rings (SSSR count). The van der Waals surface area contributed by atoms with Crippen molar-refractivity contribution in [2.24, 2.45) is 11.7 Å². The standard InChI is InChI=1S/C20H26N2O2.ClH/c1-14(18(21)15-10-6-5-7-11-15)19(23)22-16-12-8-9-13-17(16)24-20(2,3)4;/h5-14,18H,21H2,1-4H3,(H,22,23);1H. The number of amides is 1. The molecule has 2 unspecified atom stereocenters. The van der Waals surface area contributed by atoms with Gasteiger partial charge < -0.3 is 15.8 Å². The highest BCUT2D eigenvalue weighted by molar-refractivity contribution is 5.94. The molecule has 0 aliphatic rings. The number of benzene rings is 2. The first-order valence-electron chi connectivity index (χ1n) is 8.17. The average molecular weight is 363 g/mol. The van der Waals surface area contributed by atoms with Gasteiger partial charge in [0.1, 0.15) is 11.4 Å². The number of nitrogens with two attached hydrogens (primary N) is 1. The van der Waals surface area contributed by atoms with Crippen molar-refractivity contribution in [3.63, 3.8) is 0 Å². The number of halogens is 1. The first-order chi connectivity index (χ1) is 11.3. The summed E-state index contributed by atoms with van der Waals surface area (Å²) in [6.45, 7) is 7.75. The Morgan fingerprint density at radius 3 is 2.20 bits per heavy atom. The molecule has 136 valence electrons. The van der Waals surface area contributed by atoms with E-state index in [4.69, 9.17) is 10.5 Å². The van der Waals surface area contributed by atoms with Gasteiger partial charge in [-0.25, -0.2) is 0 Å². The molecule has 0 heterocycles. The van der Waals surface area contributed by atoms with Crippen LogP contribution in [0.15, 0.2) is 54.6 Å². The minimum absolute atomic E-state index is 0. The van der Waals surface area contributed by atoms with Crippen molar-refractivity contribution in [2.45, 2.75) is 39.3 Å². The first kappa shape index (κ1) is 21.0. The maximum absolute atomic E-state index is 12.6. The molecule has 1 amide bonds. The van der Waals surface area contributed by atoms with Crippen LogP contribution in [0.2, 0.25) is 0 Å². The molecule has 0 aliphatic carbocycles. The fraction of sp³-hybridized carbons (Fsp3) is 0.350. The molecule has 0 saturated carbocycles. The summed E-state index contributed by atoms with van der Waals surface area (Å²) in [5, 5.41) is 2.94. The molecule has 25 heavy (non-hydrogen) atoms. The van der Waals surface area contributed by atoms with E-state index in [-0.39, 0.29) is 35.9 Å². The molecule has 0 fully saturated rings. The van der Waals surface area contributed by atoms with E-state index in [1.807, 2.05) is 82.3 Å². The van der Waals surface area contributed by atoms with Crippen molar-refractivity contribution in [3.05, 3.63) is 60.2 Å². The Morgan fingerprint density at radius 1 is 1.04 bits per heavy atom. The van der Waals surface area contributed by atoms with E-state index in [2.05, 4.69) is 5.32 Å². The maximum atomic E-state index is 12.6. The number of ether oxygens (including phenoxy) is 1. The summed E-state index contributed by atoms with van der Waals surface area (Å²) in [6, 6.07) is 16.7. The Labute approximate surface area is 156 Å². The van der Waals surface area contributed by atoms with Crippen LogP contribution in [0.4, 0.5) is 5.69 Å². The van der Waals surface area contributed by atoms with Gasteiger partial charge in [0.05, 0.1) is 11.6 Å². The quantitative estimate of drug-likeness (QED) is 0.819. The molecule has 0 radical (unpaired) electrons. The molecule has 0 aromatic heterocycles. The van der Waals surface area contributed by atoms with Crippen LogP contribution in [0.5, 0.6) is 5.75 Å². The SMILES string of the molecule is CC(C(=O)Nc1ccccc1OC(C)(C)C)C(N)c1ccccc1.Cl. The van der Waals surface area contributed by atoms with Crippen LogP contribution in [0.3, 0.4) is 0 Å². The lowest BCUT2D eigenvalue weighted by Gasteiger charge is -2.24. The molecule has 0 saturated heterocycles. The Kier molecular flexibility index (Phi) is 7.46. The van der Waals surface area contributed by atoms with Crippen molar-refractivity contribution < 1.29 is 9.53 Å². The van der Waals surface area contributed by atoms with E-state index < -0.39 is 0 Å². The van der Waals surface area contributed by atoms with Crippen LogP contribution in [0, 0.1) is 5.92 Å². The van der Waals surface area contributed by atoms with Gasteiger partial charge in [-0.05, 0) is 38.5 Å². The third-order valence-corrected chi connectivity index (χ3v) is 3.70. The van der Waals surface area contributed by atoms with Crippen LogP contribution in [-0.2, 0) is 4.79 Å². The second-order valence-electron chi connectivity index (χ2n) is 6.92. The number of hydrogen-bond donors (Lipinski definition) is 2. The van der Waals surface area contributed by atoms with Gasteiger partial charge in [-0.1, -0.05) is 49.4 Å². The molecule has 2 aromatic carbocycles. The van der Waals surface area contributed by atoms with Gasteiger partial charge in [0.15, 0.2) is 0 Å². The number of hydrogen-bond acceptors (Lipinski definition) is 3. The van der Waals surface area contributed by atoms with E-state index >= 15 is 0 Å². The molecule has 3 N–H and O–H groups in total. The topological polar surface area (TPSA) is 64.3 Å². The molecule has 0 bridgehead atoms. The summed E-state index contributed by atoms with van der Waals surface area (Å²) < 4.78 is 5.91. The van der Waals surface area contributed by atoms with E-state index in [9.17, 15) is 4.79 Å². The molecule has 0 spiro atoms. The second kappa shape index (κ2) is 8.88. The average Bonchev–Trinajstić information content (AvgIpc) is 2.54. The molecule has 4 nitrogen and oxygen atoms in total. The minimum atomic E-state index is -0.366. The molecular formula is C20H27ClN2O2.